The van der Waals surface area contributed by atoms with Crippen molar-refractivity contribution in [3.05, 3.63) is 30.3 Å². The van der Waals surface area contributed by atoms with Gasteiger partial charge in [-0.15, -0.1) is 0 Å². The molecule has 0 radical (unpaired) electrons. The van der Waals surface area contributed by atoms with Crippen LogP contribution in [0, 0.1) is 0 Å². The Hall–Kier alpha value is 0.616. The van der Waals surface area contributed by atoms with Crippen LogP contribution in [0.2, 0.25) is 0 Å². The number of hydrogen-bond donors (Lipinski definition) is 1. The second kappa shape index (κ2) is 5.41. The first-order valence-electron chi connectivity index (χ1n) is 2.30. The zero-order valence-corrected chi connectivity index (χ0v) is 4.24. The second-order valence-corrected chi connectivity index (χ2v) is 1.40. The van der Waals surface area contributed by atoms with Crippen LogP contribution in [0.15, 0.2) is 30.3 Å². The van der Waals surface area contributed by atoms with E-state index < -0.39 is 0 Å². The van der Waals surface area contributed by atoms with Crippen molar-refractivity contribution in [2.75, 3.05) is 0 Å². The summed E-state index contributed by atoms with van der Waals surface area (Å²) in [5, 5.41) is 8.04. The van der Waals surface area contributed by atoms with Crippen LogP contribution in [-0.4, -0.2) is 56.6 Å². The number of benzene rings is 1. The van der Waals surface area contributed by atoms with Crippen LogP contribution in [0.1, 0.15) is 0 Å². The maximum absolute atomic E-state index is 8.04. The summed E-state index contributed by atoms with van der Waals surface area (Å²) in [4.78, 5) is 3.91. The van der Waals surface area contributed by atoms with Crippen molar-refractivity contribution >= 4 is 51.4 Å². The molecule has 1 N–H and O–H groups in total. The summed E-state index contributed by atoms with van der Waals surface area (Å²) in [7, 11) is 0. The fourth-order valence-corrected chi connectivity index (χ4v) is 0.481. The quantitative estimate of drug-likeness (QED) is 0.366. The van der Waals surface area contributed by atoms with E-state index in [2.05, 4.69) is 4.89 Å². The van der Waals surface area contributed by atoms with Gasteiger partial charge in [-0.25, -0.2) is 5.26 Å². The Kier molecular flexibility index (Phi) is 5.78. The SMILES string of the molecule is OOc1ccccc1.[KH]. The molecule has 0 bridgehead atoms. The Morgan fingerprint density at radius 2 is 1.67 bits per heavy atom. The first-order chi connectivity index (χ1) is 3.93. The van der Waals surface area contributed by atoms with E-state index in [4.69, 9.17) is 5.26 Å². The predicted octanol–water partition coefficient (Wildman–Crippen LogP) is 0.890. The van der Waals surface area contributed by atoms with Gasteiger partial charge in [-0.1, -0.05) is 18.2 Å². The minimum atomic E-state index is 0. The molecular weight excluding hydrogens is 143 g/mol. The van der Waals surface area contributed by atoms with Crippen LogP contribution < -0.4 is 4.89 Å². The third-order valence-corrected chi connectivity index (χ3v) is 0.849. The molecule has 0 atom stereocenters. The van der Waals surface area contributed by atoms with Crippen molar-refractivity contribution < 1.29 is 10.1 Å². The predicted molar refractivity (Wildman–Crippen MR) is 36.8 cm³/mol. The molecule has 0 unspecified atom stereocenters. The van der Waals surface area contributed by atoms with E-state index in [1.807, 2.05) is 6.07 Å². The van der Waals surface area contributed by atoms with E-state index in [0.717, 1.165) is 0 Å². The monoisotopic (exact) mass is 150 g/mol. The Bertz CT molecular complexity index is 152. The molecule has 1 aromatic carbocycles. The topological polar surface area (TPSA) is 29.5 Å². The summed E-state index contributed by atoms with van der Waals surface area (Å²) < 4.78 is 0. The Morgan fingerprint density at radius 3 is 2.00 bits per heavy atom. The average Bonchev–Trinajstić information content (AvgIpc) is 1.90. The second-order valence-electron chi connectivity index (χ2n) is 1.40. The van der Waals surface area contributed by atoms with Gasteiger partial charge in [0, 0.05) is 0 Å². The van der Waals surface area contributed by atoms with Gasteiger partial charge in [0.2, 0.25) is 0 Å². The molecule has 0 saturated heterocycles. The van der Waals surface area contributed by atoms with Gasteiger partial charge in [0.05, 0.1) is 0 Å². The molecule has 0 amide bonds. The molecule has 1 rings (SSSR count). The normalized spacial score (nSPS) is 7.67. The maximum atomic E-state index is 8.04. The molecule has 0 aliphatic heterocycles. The molecule has 0 saturated carbocycles. The summed E-state index contributed by atoms with van der Waals surface area (Å²) in [6, 6.07) is 8.75. The summed E-state index contributed by atoms with van der Waals surface area (Å²) >= 11 is 0. The summed E-state index contributed by atoms with van der Waals surface area (Å²) in [6.45, 7) is 0. The van der Waals surface area contributed by atoms with E-state index >= 15 is 0 Å². The summed E-state index contributed by atoms with van der Waals surface area (Å²) in [5.41, 5.74) is 0. The van der Waals surface area contributed by atoms with E-state index in [1.54, 1.807) is 24.3 Å². The van der Waals surface area contributed by atoms with Gasteiger partial charge in [-0.2, -0.15) is 0 Å². The fraction of sp³-hybridized carbons (Fsp3) is 0. The van der Waals surface area contributed by atoms with Gasteiger partial charge >= 0.3 is 51.4 Å². The third-order valence-electron chi connectivity index (χ3n) is 0.849. The molecular formula is C6H7KO2. The van der Waals surface area contributed by atoms with Crippen LogP contribution in [-0.2, 0) is 0 Å². The van der Waals surface area contributed by atoms with Crippen LogP contribution in [0.5, 0.6) is 5.75 Å². The fourth-order valence-electron chi connectivity index (χ4n) is 0.481. The minimum absolute atomic E-state index is 0. The van der Waals surface area contributed by atoms with Crippen molar-refractivity contribution in [1.82, 2.24) is 0 Å². The first-order valence-corrected chi connectivity index (χ1v) is 2.30. The van der Waals surface area contributed by atoms with Crippen molar-refractivity contribution in [3.63, 3.8) is 0 Å². The molecule has 0 spiro atoms. The summed E-state index contributed by atoms with van der Waals surface area (Å²) in [6.07, 6.45) is 0. The van der Waals surface area contributed by atoms with Crippen LogP contribution >= 0.6 is 0 Å². The van der Waals surface area contributed by atoms with Crippen molar-refractivity contribution in [3.8, 4) is 5.75 Å². The zero-order chi connectivity index (χ0) is 5.82. The molecule has 1 aromatic rings. The average molecular weight is 150 g/mol. The van der Waals surface area contributed by atoms with Gasteiger partial charge in [0.15, 0.2) is 5.75 Å². The van der Waals surface area contributed by atoms with E-state index in [1.165, 1.54) is 0 Å². The molecule has 0 aliphatic carbocycles. The van der Waals surface area contributed by atoms with Crippen LogP contribution in [0.4, 0.5) is 0 Å². The molecule has 3 heteroatoms. The van der Waals surface area contributed by atoms with Crippen molar-refractivity contribution in [2.24, 2.45) is 0 Å². The molecule has 44 valence electrons. The zero-order valence-electron chi connectivity index (χ0n) is 4.24. The van der Waals surface area contributed by atoms with Crippen LogP contribution in [0.25, 0.3) is 0 Å². The number of rotatable bonds is 1. The molecule has 0 fully saturated rings. The Labute approximate surface area is 96.2 Å². The van der Waals surface area contributed by atoms with Crippen molar-refractivity contribution in [1.29, 1.82) is 0 Å². The van der Waals surface area contributed by atoms with Gasteiger partial charge in [-0.3, -0.25) is 0 Å². The number of hydrogen-bond acceptors (Lipinski definition) is 2. The molecule has 2 nitrogen and oxygen atoms in total. The Morgan fingerprint density at radius 1 is 1.11 bits per heavy atom. The number of para-hydroxylation sites is 1. The standard InChI is InChI=1S/C6H6O2.K.H/c7-8-6-4-2-1-3-5-6;;/h1-5,7H;;. The molecule has 0 aromatic heterocycles. The molecule has 0 heterocycles. The van der Waals surface area contributed by atoms with E-state index in [9.17, 15) is 0 Å². The van der Waals surface area contributed by atoms with Crippen LogP contribution in [0.3, 0.4) is 0 Å². The molecule has 9 heavy (non-hydrogen) atoms. The van der Waals surface area contributed by atoms with E-state index in [-0.39, 0.29) is 51.4 Å². The van der Waals surface area contributed by atoms with Gasteiger partial charge in [0.1, 0.15) is 0 Å². The Balaban J connectivity index is 0.000000640. The molecule has 0 aliphatic rings. The first kappa shape index (κ1) is 9.62. The van der Waals surface area contributed by atoms with E-state index in [0.29, 0.717) is 5.75 Å². The van der Waals surface area contributed by atoms with Gasteiger partial charge in [-0.05, 0) is 12.1 Å². The van der Waals surface area contributed by atoms with Gasteiger partial charge < -0.3 is 4.89 Å². The van der Waals surface area contributed by atoms with Gasteiger partial charge in [0.25, 0.3) is 0 Å². The summed E-state index contributed by atoms with van der Waals surface area (Å²) in [5.74, 6) is 0.465. The van der Waals surface area contributed by atoms with Crippen molar-refractivity contribution in [2.45, 2.75) is 0 Å². The third kappa shape index (κ3) is 3.35.